The first kappa shape index (κ1) is 68.9. The second-order valence-electron chi connectivity index (χ2n) is 24.9. The second kappa shape index (κ2) is 29.4. The molecule has 10 rings (SSSR count). The monoisotopic (exact) mass is 1220 g/mol. The molecule has 0 aliphatic heterocycles. The summed E-state index contributed by atoms with van der Waals surface area (Å²) < 4.78 is 23.5. The minimum Gasteiger partial charge on any atom is -0.462 e. The summed E-state index contributed by atoms with van der Waals surface area (Å²) in [4.78, 5) is 58.0. The zero-order valence-corrected chi connectivity index (χ0v) is 52.5. The number of carbonyl (C=O) groups excluding carboxylic acids is 4. The average Bonchev–Trinajstić information content (AvgIpc) is 1.51. The van der Waals surface area contributed by atoms with E-state index < -0.39 is 88.9 Å². The molecule has 0 radical (unpaired) electrons. The molecule has 0 unspecified atom stereocenters. The predicted octanol–water partition coefficient (Wildman–Crippen LogP) is 14.3. The van der Waals surface area contributed by atoms with Crippen molar-refractivity contribution in [1.82, 2.24) is 9.80 Å². The Kier molecular flexibility index (Phi) is 22.5. The van der Waals surface area contributed by atoms with Crippen LogP contribution >= 0.6 is 0 Å². The first-order chi connectivity index (χ1) is 42.1. The van der Waals surface area contributed by atoms with Crippen molar-refractivity contribution < 1.29 is 53.0 Å². The first-order valence-electron chi connectivity index (χ1n) is 30.3. The van der Waals surface area contributed by atoms with Gasteiger partial charge < -0.3 is 29.2 Å². The molecule has 8 aromatic carbocycles. The molecule has 8 aromatic rings. The smallest absolute Gasteiger partial charge is 0.324 e. The van der Waals surface area contributed by atoms with Crippen LogP contribution in [0.25, 0.3) is 22.3 Å². The van der Waals surface area contributed by atoms with Crippen molar-refractivity contribution >= 4 is 23.9 Å². The zero-order chi connectivity index (χ0) is 63.0. The number of fused-ring (bicyclic) bond motifs is 6. The van der Waals surface area contributed by atoms with Gasteiger partial charge in [0, 0.05) is 38.8 Å². The molecule has 472 valence electrons. The lowest BCUT2D eigenvalue weighted by atomic mass is 9.76. The Morgan fingerprint density at radius 1 is 0.456 bits per heavy atom. The van der Waals surface area contributed by atoms with Crippen molar-refractivity contribution in [2.24, 2.45) is 11.8 Å². The van der Waals surface area contributed by atoms with E-state index in [2.05, 4.69) is 94.7 Å². The second-order valence-corrected chi connectivity index (χ2v) is 24.9. The van der Waals surface area contributed by atoms with Crippen LogP contribution in [-0.2, 0) is 62.3 Å². The lowest BCUT2D eigenvalue weighted by molar-refractivity contribution is -0.175. The highest BCUT2D eigenvalue weighted by atomic mass is 19.0. The lowest BCUT2D eigenvalue weighted by Crippen LogP contribution is -2.59. The van der Waals surface area contributed by atoms with Crippen LogP contribution in [0.4, 0.5) is 4.70 Å². The molecule has 0 aromatic heterocycles. The van der Waals surface area contributed by atoms with Crippen molar-refractivity contribution in [1.29, 1.82) is 0 Å². The highest BCUT2D eigenvalue weighted by Crippen LogP contribution is 2.58. The van der Waals surface area contributed by atoms with E-state index in [-0.39, 0.29) is 18.7 Å². The van der Waals surface area contributed by atoms with Crippen molar-refractivity contribution in [2.75, 3.05) is 13.2 Å². The number of hydrogen-bond acceptors (Lipinski definition) is 12. The Bertz CT molecular complexity index is 3590. The van der Waals surface area contributed by atoms with Crippen LogP contribution < -0.4 is 0 Å². The number of aliphatic hydroxyl groups excluding tert-OH is 2. The Hall–Kier alpha value is -8.59. The van der Waals surface area contributed by atoms with E-state index in [9.17, 15) is 29.4 Å². The van der Waals surface area contributed by atoms with Crippen LogP contribution in [0, 0.1) is 11.8 Å². The van der Waals surface area contributed by atoms with Gasteiger partial charge in [-0.1, -0.05) is 240 Å². The third-order valence-corrected chi connectivity index (χ3v) is 16.6. The Labute approximate surface area is 530 Å². The minimum atomic E-state index is -1.13. The molecule has 0 fully saturated rings. The first-order valence-corrected chi connectivity index (χ1v) is 30.3. The average molecular weight is 1220 g/mol. The highest BCUT2D eigenvalue weighted by molar-refractivity contribution is 5.86. The van der Waals surface area contributed by atoms with Crippen LogP contribution in [0.1, 0.15) is 121 Å². The molecule has 12 nitrogen and oxygen atoms in total. The largest absolute Gasteiger partial charge is 0.462 e. The third-order valence-electron chi connectivity index (χ3n) is 16.6. The molecule has 13 heteroatoms. The molecule has 6 atom stereocenters. The van der Waals surface area contributed by atoms with Crippen LogP contribution in [0.2, 0.25) is 0 Å². The number of benzene rings is 8. The van der Waals surface area contributed by atoms with Gasteiger partial charge in [-0.25, -0.2) is 0 Å². The zero-order valence-electron chi connectivity index (χ0n) is 52.5. The molecule has 0 saturated carbocycles. The summed E-state index contributed by atoms with van der Waals surface area (Å²) in [7, 11) is 0. The quantitative estimate of drug-likeness (QED) is 0.0552. The SMILES string of the molecule is C.CC(=O)OC[C@@H](OC(C)=O)[C@H](C)[C@@H](C(=O)OC(C)(C)C)N(Cc1ccccc1)C1(c2ccccc2)c2ccccc2-c2ccccc21.C[C@H]([C@@H](C(=O)OC(C)(C)C)N(Cc1ccccc1)C1(c2ccccc2)c2ccccc2-c2ccccc21)[C@@H](O)CO.F. The maximum Gasteiger partial charge on any atom is 0.324 e. The number of aliphatic hydroxyl groups is 2. The van der Waals surface area contributed by atoms with E-state index in [1.807, 2.05) is 189 Å². The van der Waals surface area contributed by atoms with E-state index in [1.165, 1.54) is 13.8 Å². The van der Waals surface area contributed by atoms with Crippen molar-refractivity contribution in [2.45, 2.75) is 136 Å². The normalized spacial score (nSPS) is 15.2. The van der Waals surface area contributed by atoms with Gasteiger partial charge in [0.1, 0.15) is 36.0 Å². The number of hydrogen-bond donors (Lipinski definition) is 2. The Balaban J connectivity index is 0.000000253. The Morgan fingerprint density at radius 3 is 1.06 bits per heavy atom. The summed E-state index contributed by atoms with van der Waals surface area (Å²) in [5.74, 6) is -3.30. The number of rotatable bonds is 20. The van der Waals surface area contributed by atoms with Crippen LogP contribution in [0.3, 0.4) is 0 Å². The van der Waals surface area contributed by atoms with Gasteiger partial charge in [-0.2, -0.15) is 0 Å². The van der Waals surface area contributed by atoms with Crippen molar-refractivity contribution in [3.05, 3.63) is 263 Å². The molecule has 2 N–H and O–H groups in total. The van der Waals surface area contributed by atoms with Crippen LogP contribution in [0.5, 0.6) is 0 Å². The number of carbonyl (C=O) groups is 4. The molecular formula is C77H87FN2O10. The molecule has 0 amide bonds. The van der Waals surface area contributed by atoms with Crippen molar-refractivity contribution in [3.8, 4) is 22.3 Å². The molecule has 0 spiro atoms. The van der Waals surface area contributed by atoms with Gasteiger partial charge in [-0.05, 0) is 108 Å². The molecule has 0 bridgehead atoms. The van der Waals surface area contributed by atoms with Crippen LogP contribution in [0.15, 0.2) is 218 Å². The molecule has 0 heterocycles. The highest BCUT2D eigenvalue weighted by Gasteiger charge is 2.57. The van der Waals surface area contributed by atoms with E-state index in [1.54, 1.807) is 0 Å². The van der Waals surface area contributed by atoms with Gasteiger partial charge in [0.25, 0.3) is 0 Å². The van der Waals surface area contributed by atoms with E-state index in [0.717, 1.165) is 66.8 Å². The summed E-state index contributed by atoms with van der Waals surface area (Å²) in [5.41, 5.74) is 9.04. The number of nitrogens with zero attached hydrogens (tertiary/aromatic N) is 2. The summed E-state index contributed by atoms with van der Waals surface area (Å²) in [6.07, 6.45) is -2.07. The summed E-state index contributed by atoms with van der Waals surface area (Å²) in [6, 6.07) is 71.9. The van der Waals surface area contributed by atoms with Gasteiger partial charge in [-0.3, -0.25) is 33.7 Å². The topological polar surface area (TPSA) is 152 Å². The summed E-state index contributed by atoms with van der Waals surface area (Å²) in [5, 5.41) is 21.1. The fraction of sp³-hybridized carbons (Fsp3) is 0.325. The maximum absolute atomic E-state index is 14.8. The van der Waals surface area contributed by atoms with E-state index >= 15 is 0 Å². The maximum atomic E-state index is 14.8. The third kappa shape index (κ3) is 14.4. The predicted molar refractivity (Wildman–Crippen MR) is 352 cm³/mol. The number of halogens is 1. The van der Waals surface area contributed by atoms with Gasteiger partial charge in [0.05, 0.1) is 23.8 Å². The summed E-state index contributed by atoms with van der Waals surface area (Å²) in [6.45, 7) is 17.4. The molecule has 90 heavy (non-hydrogen) atoms. The van der Waals surface area contributed by atoms with Crippen LogP contribution in [-0.4, -0.2) is 92.6 Å². The van der Waals surface area contributed by atoms with Gasteiger partial charge in [0.2, 0.25) is 0 Å². The standard InChI is InChI=1S/C40H43NO6.C36H39NO4.CH4.FH/c1-27(36(46-29(3)43)26-45-28(2)42)37(38(44)47-39(4,5)6)41(25-30-17-9-7-10-18-30)40(31-19-11-8-12-20-31)34-23-15-13-21-32(34)33-22-14-16-24-35(33)40;1-25(32(39)24-38)33(34(40)41-35(2,3)4)37(23-26-15-7-5-8-16-26)36(27-17-9-6-10-18-27)30-21-13-11-19-28(30)29-20-12-14-22-31(29)36;;/h7-24,27,36-37H,25-26H2,1-6H3;5-22,25,32-33,38-39H,23-24H2,1-4H3;1H4;1H/t27-,36+,37-;25-,32-,33-;;/m00../s1. The fourth-order valence-corrected chi connectivity index (χ4v) is 13.0. The minimum absolute atomic E-state index is 0. The fourth-order valence-electron chi connectivity index (χ4n) is 13.0. The molecule has 2 aliphatic carbocycles. The Morgan fingerprint density at radius 2 is 0.756 bits per heavy atom. The van der Waals surface area contributed by atoms with E-state index in [4.69, 9.17) is 18.9 Å². The van der Waals surface area contributed by atoms with Gasteiger partial charge in [0.15, 0.2) is 0 Å². The van der Waals surface area contributed by atoms with Gasteiger partial charge >= 0.3 is 23.9 Å². The lowest BCUT2D eigenvalue weighted by Gasteiger charge is -2.49. The van der Waals surface area contributed by atoms with E-state index in [0.29, 0.717) is 13.1 Å². The van der Waals surface area contributed by atoms with Gasteiger partial charge in [-0.15, -0.1) is 0 Å². The van der Waals surface area contributed by atoms with Crippen molar-refractivity contribution in [3.63, 3.8) is 0 Å². The molecular weight excluding hydrogens is 1130 g/mol. The molecule has 0 saturated heterocycles. The number of ether oxygens (including phenoxy) is 4. The summed E-state index contributed by atoms with van der Waals surface area (Å²) >= 11 is 0. The molecule has 2 aliphatic rings. The number of esters is 4.